The summed E-state index contributed by atoms with van der Waals surface area (Å²) in [5.41, 5.74) is -3.04. The minimum Gasteiger partial charge on any atom is -0.374 e. The number of benzene rings is 1. The van der Waals surface area contributed by atoms with Crippen LogP contribution in [0.4, 0.5) is 65.9 Å². The van der Waals surface area contributed by atoms with Crippen LogP contribution < -0.4 is 0 Å². The highest BCUT2D eigenvalue weighted by Gasteiger charge is 2.93. The lowest BCUT2D eigenvalue weighted by Gasteiger charge is -2.43. The fourth-order valence-corrected chi connectivity index (χ4v) is 3.15. The molecule has 16 heteroatoms. The number of hydrogen-bond donors (Lipinski definition) is 0. The fourth-order valence-electron chi connectivity index (χ4n) is 3.15. The van der Waals surface area contributed by atoms with Gasteiger partial charge in [0.1, 0.15) is 0 Å². The van der Waals surface area contributed by atoms with Crippen molar-refractivity contribution in [2.24, 2.45) is 0 Å². The first-order valence-corrected chi connectivity index (χ1v) is 9.98. The van der Waals surface area contributed by atoms with Gasteiger partial charge in [0.05, 0.1) is 12.0 Å². The van der Waals surface area contributed by atoms with Crippen molar-refractivity contribution in [1.82, 2.24) is 0 Å². The molecule has 37 heavy (non-hydrogen) atoms. The molecule has 216 valence electrons. The molecule has 0 saturated carbocycles. The molecule has 1 nitrogen and oxygen atoms in total. The first-order valence-electron chi connectivity index (χ1n) is 9.98. The molecule has 1 rings (SSSR count). The average Bonchev–Trinajstić information content (AvgIpc) is 2.71. The van der Waals surface area contributed by atoms with Crippen LogP contribution in [0.15, 0.2) is 24.3 Å². The molecule has 0 saturated heterocycles. The molecule has 1 aromatic carbocycles. The Morgan fingerprint density at radius 1 is 0.514 bits per heavy atom. The minimum absolute atomic E-state index is 0.400. The van der Waals surface area contributed by atoms with Crippen LogP contribution in [0.5, 0.6) is 0 Å². The summed E-state index contributed by atoms with van der Waals surface area (Å²) in [6.45, 7) is 5.76. The highest BCUT2D eigenvalue weighted by Crippen LogP contribution is 2.63. The summed E-state index contributed by atoms with van der Waals surface area (Å²) >= 11 is 0. The summed E-state index contributed by atoms with van der Waals surface area (Å²) in [4.78, 5) is 0. The third-order valence-corrected chi connectivity index (χ3v) is 5.76. The highest BCUT2D eigenvalue weighted by molar-refractivity contribution is 5.31. The van der Waals surface area contributed by atoms with Crippen molar-refractivity contribution in [3.05, 3.63) is 35.4 Å². The van der Waals surface area contributed by atoms with Gasteiger partial charge in [0.15, 0.2) is 0 Å². The van der Waals surface area contributed by atoms with Crippen LogP contribution >= 0.6 is 0 Å². The minimum atomic E-state index is -8.32. The summed E-state index contributed by atoms with van der Waals surface area (Å²) in [6, 6.07) is 4.66. The van der Waals surface area contributed by atoms with Gasteiger partial charge >= 0.3 is 41.7 Å². The second-order valence-electron chi connectivity index (χ2n) is 9.51. The van der Waals surface area contributed by atoms with Gasteiger partial charge < -0.3 is 4.74 Å². The molecule has 0 bridgehead atoms. The van der Waals surface area contributed by atoms with Crippen molar-refractivity contribution in [2.75, 3.05) is 7.11 Å². The molecule has 0 heterocycles. The molecular weight excluding hydrogens is 553 g/mol. The normalized spacial score (nSPS) is 17.1. The van der Waals surface area contributed by atoms with Crippen molar-refractivity contribution >= 4 is 0 Å². The number of ether oxygens (including phenoxy) is 1. The van der Waals surface area contributed by atoms with E-state index in [1.807, 2.05) is 0 Å². The van der Waals surface area contributed by atoms with Crippen molar-refractivity contribution in [3.8, 4) is 0 Å². The van der Waals surface area contributed by atoms with Crippen molar-refractivity contribution in [1.29, 1.82) is 0 Å². The van der Waals surface area contributed by atoms with Crippen LogP contribution in [0.3, 0.4) is 0 Å². The molecule has 1 aromatic rings. The highest BCUT2D eigenvalue weighted by atomic mass is 19.4. The van der Waals surface area contributed by atoms with E-state index in [-0.39, 0.29) is 0 Å². The van der Waals surface area contributed by atoms with Crippen LogP contribution in [0.2, 0.25) is 0 Å². The Hall–Kier alpha value is -1.87. The molecule has 0 amide bonds. The van der Waals surface area contributed by atoms with E-state index in [1.165, 1.54) is 12.1 Å². The number of methoxy groups -OCH3 is 1. The lowest BCUT2D eigenvalue weighted by atomic mass is 9.81. The van der Waals surface area contributed by atoms with Gasteiger partial charge in [-0.2, -0.15) is 65.9 Å². The second-order valence-corrected chi connectivity index (χ2v) is 9.51. The molecule has 0 N–H and O–H groups in total. The molecule has 0 aliphatic rings. The maximum absolute atomic E-state index is 14.5. The Balaban J connectivity index is 3.58. The number of halogens is 15. The number of rotatable bonds is 9. The standard InChI is InChI=1S/C21H21F15O/c1-13(2,3)11-6-8-12(9-7-11)14(4,37-5)10-15(22,23)16(24,25)17(26,27)18(28,29)19(30,31)20(32,33)21(34,35)36/h6-9H,10H2,1-5H3. The summed E-state index contributed by atoms with van der Waals surface area (Å²) < 4.78 is 207. The van der Waals surface area contributed by atoms with Gasteiger partial charge in [-0.05, 0) is 23.5 Å². The van der Waals surface area contributed by atoms with Gasteiger partial charge in [-0.25, -0.2) is 0 Å². The molecular formula is C21H21F15O. The van der Waals surface area contributed by atoms with Crippen LogP contribution in [0.25, 0.3) is 0 Å². The number of hydrogen-bond acceptors (Lipinski definition) is 1. The van der Waals surface area contributed by atoms with Crippen molar-refractivity contribution < 1.29 is 70.6 Å². The average molecular weight is 574 g/mol. The quantitative estimate of drug-likeness (QED) is 0.269. The lowest BCUT2D eigenvalue weighted by molar-refractivity contribution is -0.453. The Labute approximate surface area is 201 Å². The maximum atomic E-state index is 14.5. The van der Waals surface area contributed by atoms with E-state index in [4.69, 9.17) is 0 Å². The van der Waals surface area contributed by atoms with E-state index in [0.29, 0.717) is 19.6 Å². The second kappa shape index (κ2) is 9.11. The Bertz CT molecular complexity index is 942. The van der Waals surface area contributed by atoms with Crippen molar-refractivity contribution in [3.63, 3.8) is 0 Å². The van der Waals surface area contributed by atoms with E-state index in [2.05, 4.69) is 4.74 Å². The first kappa shape index (κ1) is 33.2. The van der Waals surface area contributed by atoms with Crippen LogP contribution in [0.1, 0.15) is 45.2 Å². The van der Waals surface area contributed by atoms with E-state index >= 15 is 0 Å². The van der Waals surface area contributed by atoms with E-state index in [0.717, 1.165) is 12.1 Å². The SMILES string of the molecule is COC(C)(CC(F)(F)C(F)(F)C(F)(F)C(F)(F)C(F)(F)C(F)(F)C(F)(F)F)c1ccc(C(C)(C)C)cc1. The van der Waals surface area contributed by atoms with Crippen LogP contribution in [0, 0.1) is 0 Å². The molecule has 0 aliphatic carbocycles. The molecule has 0 radical (unpaired) electrons. The summed E-state index contributed by atoms with van der Waals surface area (Å²) in [6.07, 6.45) is -10.2. The van der Waals surface area contributed by atoms with Gasteiger partial charge in [0.25, 0.3) is 0 Å². The number of alkyl halides is 15. The zero-order chi connectivity index (χ0) is 29.9. The predicted octanol–water partition coefficient (Wildman–Crippen LogP) is 8.61. The third kappa shape index (κ3) is 5.10. The monoisotopic (exact) mass is 574 g/mol. The summed E-state index contributed by atoms with van der Waals surface area (Å²) in [5.74, 6) is -46.7. The molecule has 0 fully saturated rings. The zero-order valence-electron chi connectivity index (χ0n) is 19.6. The van der Waals surface area contributed by atoms with E-state index < -0.39 is 64.7 Å². The molecule has 1 unspecified atom stereocenters. The largest absolute Gasteiger partial charge is 0.460 e. The molecule has 0 aliphatic heterocycles. The lowest BCUT2D eigenvalue weighted by Crippen LogP contribution is -2.72. The van der Waals surface area contributed by atoms with Crippen LogP contribution in [-0.2, 0) is 15.8 Å². The molecule has 0 aromatic heterocycles. The maximum Gasteiger partial charge on any atom is 0.460 e. The Kier molecular flexibility index (Phi) is 8.16. The van der Waals surface area contributed by atoms with Gasteiger partial charge in [-0.1, -0.05) is 45.0 Å². The van der Waals surface area contributed by atoms with E-state index in [1.54, 1.807) is 20.8 Å². The topological polar surface area (TPSA) is 9.23 Å². The molecule has 1 atom stereocenters. The van der Waals surface area contributed by atoms with Gasteiger partial charge in [-0.3, -0.25) is 0 Å². The third-order valence-electron chi connectivity index (χ3n) is 5.76. The fraction of sp³-hybridized carbons (Fsp3) is 0.714. The smallest absolute Gasteiger partial charge is 0.374 e. The summed E-state index contributed by atoms with van der Waals surface area (Å²) in [7, 11) is 0.622. The van der Waals surface area contributed by atoms with Gasteiger partial charge in [0, 0.05) is 7.11 Å². The van der Waals surface area contributed by atoms with Crippen LogP contribution in [-0.4, -0.2) is 48.8 Å². The van der Waals surface area contributed by atoms with Gasteiger partial charge in [-0.15, -0.1) is 0 Å². The van der Waals surface area contributed by atoms with E-state index in [9.17, 15) is 65.9 Å². The van der Waals surface area contributed by atoms with Crippen molar-refractivity contribution in [2.45, 2.75) is 86.8 Å². The Morgan fingerprint density at radius 3 is 1.16 bits per heavy atom. The first-order chi connectivity index (χ1) is 16.0. The van der Waals surface area contributed by atoms with Gasteiger partial charge in [0.2, 0.25) is 0 Å². The summed E-state index contributed by atoms with van der Waals surface area (Å²) in [5, 5.41) is 0. The predicted molar refractivity (Wildman–Crippen MR) is 99.9 cm³/mol. The Morgan fingerprint density at radius 2 is 0.838 bits per heavy atom. The molecule has 0 spiro atoms. The zero-order valence-corrected chi connectivity index (χ0v) is 19.6.